The minimum atomic E-state index is -4.57. The van der Waals surface area contributed by atoms with Crippen LogP contribution in [0.25, 0.3) is 0 Å². The Morgan fingerprint density at radius 2 is 2.10 bits per heavy atom. The highest BCUT2D eigenvalue weighted by Crippen LogP contribution is 2.49. The Balaban J connectivity index is 2.14. The number of alkyl halides is 3. The van der Waals surface area contributed by atoms with Crippen molar-refractivity contribution in [3.63, 3.8) is 0 Å². The van der Waals surface area contributed by atoms with Gasteiger partial charge >= 0.3 is 6.18 Å². The number of nitrogens with one attached hydrogen (secondary N) is 1. The molecule has 3 nitrogen and oxygen atoms in total. The summed E-state index contributed by atoms with van der Waals surface area (Å²) in [7, 11) is 1.39. The first kappa shape index (κ1) is 17.1. The Labute approximate surface area is 137 Å². The van der Waals surface area contributed by atoms with Crippen molar-refractivity contribution in [3.05, 3.63) is 20.8 Å². The lowest BCUT2D eigenvalue weighted by molar-refractivity contribution is -0.171. The molecule has 0 aliphatic carbocycles. The molecular formula is C12H14BrF3N2OS2. The van der Waals surface area contributed by atoms with Gasteiger partial charge in [-0.1, -0.05) is 11.8 Å². The molecule has 9 heteroatoms. The van der Waals surface area contributed by atoms with Crippen LogP contribution < -0.4 is 5.32 Å². The van der Waals surface area contributed by atoms with E-state index in [0.29, 0.717) is 11.8 Å². The van der Waals surface area contributed by atoms with E-state index in [0.717, 1.165) is 20.5 Å². The molecule has 21 heavy (non-hydrogen) atoms. The lowest BCUT2D eigenvalue weighted by Crippen LogP contribution is -2.47. The van der Waals surface area contributed by atoms with E-state index in [1.54, 1.807) is 0 Å². The van der Waals surface area contributed by atoms with Gasteiger partial charge in [-0.15, -0.1) is 11.3 Å². The lowest BCUT2D eigenvalue weighted by Gasteiger charge is -2.24. The molecule has 118 valence electrons. The molecule has 1 aromatic heterocycles. The molecule has 0 aromatic carbocycles. The van der Waals surface area contributed by atoms with E-state index in [4.69, 9.17) is 0 Å². The zero-order chi connectivity index (χ0) is 16.0. The first-order valence-electron chi connectivity index (χ1n) is 6.09. The second kappa shape index (κ2) is 5.75. The molecule has 1 N–H and O–H groups in total. The number of halogens is 4. The van der Waals surface area contributed by atoms with Crippen molar-refractivity contribution in [3.8, 4) is 0 Å². The summed E-state index contributed by atoms with van der Waals surface area (Å²) in [5.74, 6) is -0.919. The summed E-state index contributed by atoms with van der Waals surface area (Å²) < 4.78 is 37.9. The van der Waals surface area contributed by atoms with E-state index in [-0.39, 0.29) is 6.04 Å². The summed E-state index contributed by atoms with van der Waals surface area (Å²) in [5.41, 5.74) is -0.708. The van der Waals surface area contributed by atoms with Gasteiger partial charge in [0, 0.05) is 18.0 Å². The Morgan fingerprint density at radius 1 is 1.48 bits per heavy atom. The van der Waals surface area contributed by atoms with E-state index >= 15 is 0 Å². The predicted octanol–water partition coefficient (Wildman–Crippen LogP) is 3.97. The topological polar surface area (TPSA) is 32.3 Å². The first-order chi connectivity index (χ1) is 9.56. The zero-order valence-electron chi connectivity index (χ0n) is 11.5. The van der Waals surface area contributed by atoms with Crippen molar-refractivity contribution in [1.82, 2.24) is 10.2 Å². The van der Waals surface area contributed by atoms with Crippen LogP contribution in [0.1, 0.15) is 24.8 Å². The molecule has 1 aromatic rings. The van der Waals surface area contributed by atoms with Crippen molar-refractivity contribution in [1.29, 1.82) is 0 Å². The number of carbonyl (C=O) groups excluding carboxylic acids is 1. The van der Waals surface area contributed by atoms with Crippen LogP contribution >= 0.6 is 39.0 Å². The maximum atomic E-state index is 13.1. The average molecular weight is 403 g/mol. The van der Waals surface area contributed by atoms with E-state index in [9.17, 15) is 18.0 Å². The number of nitrogens with zero attached hydrogens (tertiary/aromatic N) is 1. The fraction of sp³-hybridized carbons (Fsp3) is 0.583. The summed E-state index contributed by atoms with van der Waals surface area (Å²) in [6, 6.07) is 3.63. The molecule has 0 bridgehead atoms. The molecule has 1 fully saturated rings. The number of carbonyl (C=O) groups is 1. The van der Waals surface area contributed by atoms with Gasteiger partial charge in [-0.25, -0.2) is 0 Å². The third-order valence-corrected chi connectivity index (χ3v) is 6.74. The number of hydrogen-bond acceptors (Lipinski definition) is 4. The third-order valence-electron chi connectivity index (χ3n) is 3.38. The van der Waals surface area contributed by atoms with Crippen LogP contribution in [0.3, 0.4) is 0 Å². The summed E-state index contributed by atoms with van der Waals surface area (Å²) >= 11 is 5.46. The Morgan fingerprint density at radius 3 is 2.52 bits per heavy atom. The summed E-state index contributed by atoms with van der Waals surface area (Å²) in [4.78, 5) is 14.1. The van der Waals surface area contributed by atoms with Gasteiger partial charge in [-0.05, 0) is 41.9 Å². The molecule has 1 saturated heterocycles. The highest BCUT2D eigenvalue weighted by Gasteiger charge is 2.64. The Bertz CT molecular complexity index is 551. The average Bonchev–Trinajstić information content (AvgIpc) is 2.88. The monoisotopic (exact) mass is 402 g/mol. The van der Waals surface area contributed by atoms with Crippen molar-refractivity contribution in [2.24, 2.45) is 0 Å². The molecule has 1 aliphatic rings. The maximum absolute atomic E-state index is 13.1. The minimum Gasteiger partial charge on any atom is -0.319 e. The fourth-order valence-corrected chi connectivity index (χ4v) is 4.77. The fourth-order valence-electron chi connectivity index (χ4n) is 1.99. The van der Waals surface area contributed by atoms with Gasteiger partial charge in [0.25, 0.3) is 0 Å². The molecule has 2 heterocycles. The normalized spacial score (nSPS) is 28.2. The number of hydrogen-bond donors (Lipinski definition) is 1. The standard InChI is InChI=1S/C12H14BrF3N2OS2/c1-6(7-4-5-8(13)20-7)17-10-18(3)9(19)11(2,21-10)12(14,15)16/h4-6,10,17H,1-3H3/t6?,10?,11-/m1/s1. The molecule has 1 aliphatic heterocycles. The van der Waals surface area contributed by atoms with Gasteiger partial charge in [0.2, 0.25) is 5.91 Å². The molecule has 3 atom stereocenters. The SMILES string of the molecule is CC(NC1S[C@@](C)(C(F)(F)F)C(=O)N1C)c1ccc(Br)s1. The highest BCUT2D eigenvalue weighted by atomic mass is 79.9. The van der Waals surface area contributed by atoms with E-state index in [2.05, 4.69) is 21.2 Å². The van der Waals surface area contributed by atoms with Crippen molar-refractivity contribution in [2.45, 2.75) is 36.3 Å². The largest absolute Gasteiger partial charge is 0.411 e. The molecule has 2 unspecified atom stereocenters. The molecular weight excluding hydrogens is 389 g/mol. The van der Waals surface area contributed by atoms with Crippen molar-refractivity contribution < 1.29 is 18.0 Å². The number of thiophene rings is 1. The molecule has 0 spiro atoms. The van der Waals surface area contributed by atoms with Crippen molar-refractivity contribution >= 4 is 44.9 Å². The molecule has 0 saturated carbocycles. The zero-order valence-corrected chi connectivity index (χ0v) is 14.7. The van der Waals surface area contributed by atoms with Crippen LogP contribution in [-0.4, -0.2) is 34.3 Å². The third kappa shape index (κ3) is 3.11. The summed E-state index contributed by atoms with van der Waals surface area (Å²) in [5, 5.41) is 3.07. The summed E-state index contributed by atoms with van der Waals surface area (Å²) in [6.45, 7) is 2.80. The predicted molar refractivity (Wildman–Crippen MR) is 82.2 cm³/mol. The highest BCUT2D eigenvalue weighted by molar-refractivity contribution is 9.11. The second-order valence-electron chi connectivity index (χ2n) is 4.95. The van der Waals surface area contributed by atoms with Gasteiger partial charge in [0.05, 0.1) is 3.79 Å². The molecule has 0 radical (unpaired) electrons. The number of thioether (sulfide) groups is 1. The Hall–Kier alpha value is -0.250. The minimum absolute atomic E-state index is 0.148. The maximum Gasteiger partial charge on any atom is 0.411 e. The van der Waals surface area contributed by atoms with Crippen LogP contribution in [-0.2, 0) is 4.79 Å². The van der Waals surface area contributed by atoms with Crippen LogP contribution in [0.15, 0.2) is 15.9 Å². The van der Waals surface area contributed by atoms with Crippen LogP contribution in [0, 0.1) is 0 Å². The van der Waals surface area contributed by atoms with E-state index in [1.807, 2.05) is 19.1 Å². The quantitative estimate of drug-likeness (QED) is 0.829. The Kier molecular flexibility index (Phi) is 4.68. The van der Waals surface area contributed by atoms with Crippen LogP contribution in [0.5, 0.6) is 0 Å². The lowest BCUT2D eigenvalue weighted by atomic mass is 10.1. The van der Waals surface area contributed by atoms with Gasteiger partial charge in [0.1, 0.15) is 5.50 Å². The van der Waals surface area contributed by atoms with Crippen LogP contribution in [0.2, 0.25) is 0 Å². The van der Waals surface area contributed by atoms with Gasteiger partial charge in [-0.3, -0.25) is 10.1 Å². The molecule has 1 amide bonds. The first-order valence-corrected chi connectivity index (χ1v) is 8.58. The number of amides is 1. The van der Waals surface area contributed by atoms with Gasteiger partial charge < -0.3 is 4.90 Å². The summed E-state index contributed by atoms with van der Waals surface area (Å²) in [6.07, 6.45) is -4.57. The van der Waals surface area contributed by atoms with Crippen molar-refractivity contribution in [2.75, 3.05) is 7.05 Å². The molecule has 2 rings (SSSR count). The number of rotatable bonds is 3. The van der Waals surface area contributed by atoms with E-state index in [1.165, 1.54) is 18.4 Å². The van der Waals surface area contributed by atoms with Gasteiger partial charge in [-0.2, -0.15) is 13.2 Å². The smallest absolute Gasteiger partial charge is 0.319 e. The van der Waals surface area contributed by atoms with Gasteiger partial charge in [0.15, 0.2) is 4.75 Å². The van der Waals surface area contributed by atoms with Crippen LogP contribution in [0.4, 0.5) is 13.2 Å². The van der Waals surface area contributed by atoms with E-state index < -0.39 is 22.3 Å². The second-order valence-corrected chi connectivity index (χ2v) is 8.94.